The van der Waals surface area contributed by atoms with Crippen molar-refractivity contribution in [3.05, 3.63) is 47.4 Å². The van der Waals surface area contributed by atoms with E-state index in [1.165, 1.54) is 5.56 Å². The summed E-state index contributed by atoms with van der Waals surface area (Å²) in [6, 6.07) is 10.3. The van der Waals surface area contributed by atoms with Gasteiger partial charge in [-0.25, -0.2) is 4.68 Å². The molecule has 6 heteroatoms. The monoisotopic (exact) mass is 309 g/mol. The number of pyridine rings is 1. The smallest absolute Gasteiger partial charge is 0.154 e. The summed E-state index contributed by atoms with van der Waals surface area (Å²) in [5.41, 5.74) is 3.23. The van der Waals surface area contributed by atoms with E-state index in [0.717, 1.165) is 48.5 Å². The molecule has 0 aliphatic carbocycles. The molecule has 0 unspecified atom stereocenters. The predicted octanol–water partition coefficient (Wildman–Crippen LogP) is 2.47. The number of para-hydroxylation sites is 1. The van der Waals surface area contributed by atoms with Crippen molar-refractivity contribution in [2.24, 2.45) is 0 Å². The molecule has 23 heavy (non-hydrogen) atoms. The maximum Gasteiger partial charge on any atom is 0.154 e. The van der Waals surface area contributed by atoms with Crippen LogP contribution in [0, 0.1) is 6.92 Å². The van der Waals surface area contributed by atoms with Gasteiger partial charge in [-0.3, -0.25) is 4.98 Å². The number of hydrogen-bond donors (Lipinski definition) is 0. The quantitative estimate of drug-likeness (QED) is 0.743. The maximum atomic E-state index is 5.44. The molecule has 2 aromatic heterocycles. The van der Waals surface area contributed by atoms with Crippen LogP contribution in [0.1, 0.15) is 35.8 Å². The first kappa shape index (κ1) is 14.3. The van der Waals surface area contributed by atoms with Crippen molar-refractivity contribution >= 4 is 10.9 Å². The largest absolute Gasteiger partial charge is 0.381 e. The number of hydrogen-bond acceptors (Lipinski definition) is 5. The molecule has 6 nitrogen and oxygen atoms in total. The lowest BCUT2D eigenvalue weighted by molar-refractivity contribution is 0.0826. The van der Waals surface area contributed by atoms with E-state index in [9.17, 15) is 0 Å². The topological polar surface area (TPSA) is 65.7 Å². The second-order valence-corrected chi connectivity index (χ2v) is 6.02. The summed E-state index contributed by atoms with van der Waals surface area (Å²) in [4.78, 5) is 4.60. The highest BCUT2D eigenvalue weighted by molar-refractivity contribution is 5.82. The second kappa shape index (κ2) is 6.04. The fraction of sp³-hybridized carbons (Fsp3) is 0.412. The Morgan fingerprint density at radius 2 is 2.04 bits per heavy atom. The van der Waals surface area contributed by atoms with Crippen LogP contribution in [0.3, 0.4) is 0 Å². The van der Waals surface area contributed by atoms with Crippen molar-refractivity contribution < 1.29 is 4.74 Å². The zero-order valence-electron chi connectivity index (χ0n) is 13.1. The molecule has 0 radical (unpaired) electrons. The van der Waals surface area contributed by atoms with Crippen LogP contribution < -0.4 is 0 Å². The van der Waals surface area contributed by atoms with E-state index in [-0.39, 0.29) is 0 Å². The van der Waals surface area contributed by atoms with Gasteiger partial charge in [-0.05, 0) is 47.9 Å². The maximum absolute atomic E-state index is 5.44. The molecule has 0 spiro atoms. The van der Waals surface area contributed by atoms with Crippen LogP contribution in [0.5, 0.6) is 0 Å². The Labute approximate surface area is 134 Å². The lowest BCUT2D eigenvalue weighted by atomic mass is 9.99. The SMILES string of the molecule is Cc1cc(Cn2nnnc2C2CCOCC2)c2ccccc2n1. The lowest BCUT2D eigenvalue weighted by Crippen LogP contribution is -2.19. The molecular formula is C17H19N5O. The van der Waals surface area contributed by atoms with Gasteiger partial charge in [0.2, 0.25) is 0 Å². The van der Waals surface area contributed by atoms with E-state index < -0.39 is 0 Å². The first-order valence-electron chi connectivity index (χ1n) is 8.00. The van der Waals surface area contributed by atoms with Crippen molar-refractivity contribution in [2.75, 3.05) is 13.2 Å². The molecule has 0 bridgehead atoms. The molecule has 0 N–H and O–H groups in total. The van der Waals surface area contributed by atoms with E-state index in [2.05, 4.69) is 32.6 Å². The van der Waals surface area contributed by atoms with Crippen LogP contribution in [-0.4, -0.2) is 38.4 Å². The molecule has 3 heterocycles. The molecular weight excluding hydrogens is 290 g/mol. The van der Waals surface area contributed by atoms with Gasteiger partial charge in [0.05, 0.1) is 12.1 Å². The first-order chi connectivity index (χ1) is 11.3. The Morgan fingerprint density at radius 1 is 1.22 bits per heavy atom. The van der Waals surface area contributed by atoms with Gasteiger partial charge < -0.3 is 4.74 Å². The van der Waals surface area contributed by atoms with Gasteiger partial charge >= 0.3 is 0 Å². The number of rotatable bonds is 3. The Morgan fingerprint density at radius 3 is 2.91 bits per heavy atom. The minimum absolute atomic E-state index is 0.382. The number of nitrogens with zero attached hydrogens (tertiary/aromatic N) is 5. The Bertz CT molecular complexity index is 823. The Hall–Kier alpha value is -2.34. The third kappa shape index (κ3) is 2.82. The number of aromatic nitrogens is 5. The van der Waals surface area contributed by atoms with Gasteiger partial charge in [-0.2, -0.15) is 0 Å². The average molecular weight is 309 g/mol. The Kier molecular flexibility index (Phi) is 3.75. The standard InChI is InChI=1S/C17H19N5O/c1-12-10-14(15-4-2-3-5-16(15)18-12)11-22-17(19-20-21-22)13-6-8-23-9-7-13/h2-5,10,13H,6-9,11H2,1H3. The fourth-order valence-electron chi connectivity index (χ4n) is 3.26. The molecule has 1 aliphatic heterocycles. The number of ether oxygens (including phenoxy) is 1. The minimum Gasteiger partial charge on any atom is -0.381 e. The highest BCUT2D eigenvalue weighted by atomic mass is 16.5. The summed E-state index contributed by atoms with van der Waals surface area (Å²) in [5.74, 6) is 1.35. The third-order valence-electron chi connectivity index (χ3n) is 4.40. The van der Waals surface area contributed by atoms with Crippen LogP contribution in [0.4, 0.5) is 0 Å². The molecule has 0 amide bonds. The second-order valence-electron chi connectivity index (χ2n) is 6.02. The Balaban J connectivity index is 1.70. The molecule has 0 saturated carbocycles. The van der Waals surface area contributed by atoms with Gasteiger partial charge in [-0.15, -0.1) is 5.10 Å². The normalized spacial score (nSPS) is 16.0. The predicted molar refractivity (Wildman–Crippen MR) is 86.2 cm³/mol. The molecule has 0 atom stereocenters. The minimum atomic E-state index is 0.382. The van der Waals surface area contributed by atoms with Crippen molar-refractivity contribution in [1.82, 2.24) is 25.2 Å². The highest BCUT2D eigenvalue weighted by Gasteiger charge is 2.22. The number of fused-ring (bicyclic) bond motifs is 1. The van der Waals surface area contributed by atoms with Gasteiger partial charge in [0, 0.05) is 30.2 Å². The van der Waals surface area contributed by atoms with E-state index in [4.69, 9.17) is 4.74 Å². The number of aryl methyl sites for hydroxylation is 1. The van der Waals surface area contributed by atoms with Crippen molar-refractivity contribution in [1.29, 1.82) is 0 Å². The zero-order valence-corrected chi connectivity index (χ0v) is 13.1. The first-order valence-corrected chi connectivity index (χ1v) is 8.00. The van der Waals surface area contributed by atoms with Crippen LogP contribution in [-0.2, 0) is 11.3 Å². The number of tetrazole rings is 1. The molecule has 1 fully saturated rings. The summed E-state index contributed by atoms with van der Waals surface area (Å²) in [6.45, 7) is 4.27. The van der Waals surface area contributed by atoms with Crippen molar-refractivity contribution in [3.63, 3.8) is 0 Å². The van der Waals surface area contributed by atoms with E-state index in [1.807, 2.05) is 29.8 Å². The van der Waals surface area contributed by atoms with Gasteiger partial charge in [0.15, 0.2) is 5.82 Å². The van der Waals surface area contributed by atoms with Crippen molar-refractivity contribution in [2.45, 2.75) is 32.2 Å². The lowest BCUT2D eigenvalue weighted by Gasteiger charge is -2.21. The molecule has 118 valence electrons. The molecule has 1 saturated heterocycles. The van der Waals surface area contributed by atoms with E-state index in [0.29, 0.717) is 12.5 Å². The van der Waals surface area contributed by atoms with Crippen LogP contribution in [0.25, 0.3) is 10.9 Å². The molecule has 1 aliphatic rings. The molecule has 3 aromatic rings. The van der Waals surface area contributed by atoms with E-state index >= 15 is 0 Å². The summed E-state index contributed by atoms with van der Waals surface area (Å²) in [7, 11) is 0. The third-order valence-corrected chi connectivity index (χ3v) is 4.40. The van der Waals surface area contributed by atoms with Crippen LogP contribution in [0.2, 0.25) is 0 Å². The fourth-order valence-corrected chi connectivity index (χ4v) is 3.26. The average Bonchev–Trinajstić information content (AvgIpc) is 3.04. The molecule has 1 aromatic carbocycles. The van der Waals surface area contributed by atoms with Gasteiger partial charge in [0.1, 0.15) is 0 Å². The highest BCUT2D eigenvalue weighted by Crippen LogP contribution is 2.26. The van der Waals surface area contributed by atoms with Crippen LogP contribution >= 0.6 is 0 Å². The summed E-state index contributed by atoms with van der Waals surface area (Å²) >= 11 is 0. The van der Waals surface area contributed by atoms with Crippen LogP contribution in [0.15, 0.2) is 30.3 Å². The number of benzene rings is 1. The van der Waals surface area contributed by atoms with E-state index in [1.54, 1.807) is 0 Å². The van der Waals surface area contributed by atoms with Gasteiger partial charge in [0.25, 0.3) is 0 Å². The van der Waals surface area contributed by atoms with Crippen molar-refractivity contribution in [3.8, 4) is 0 Å². The molecule has 4 rings (SSSR count). The van der Waals surface area contributed by atoms with Gasteiger partial charge in [-0.1, -0.05) is 18.2 Å². The summed E-state index contributed by atoms with van der Waals surface area (Å²) in [6.07, 6.45) is 1.97. The summed E-state index contributed by atoms with van der Waals surface area (Å²) < 4.78 is 7.37. The zero-order chi connectivity index (χ0) is 15.6. The summed E-state index contributed by atoms with van der Waals surface area (Å²) in [5, 5.41) is 13.5.